The standard InChI is InChI=1S/C12H12N4OS/c1-16(2)12(17)18-11-14-7-5-10(15-11)9-4-3-6-13-8-9/h3-8H,1-2H3. The molecule has 5 nitrogen and oxygen atoms in total. The zero-order valence-corrected chi connectivity index (χ0v) is 10.9. The average molecular weight is 260 g/mol. The molecule has 0 atom stereocenters. The number of hydrogen-bond acceptors (Lipinski definition) is 5. The summed E-state index contributed by atoms with van der Waals surface area (Å²) in [6, 6.07) is 5.55. The van der Waals surface area contributed by atoms with E-state index in [4.69, 9.17) is 0 Å². The van der Waals surface area contributed by atoms with E-state index < -0.39 is 0 Å². The molecule has 2 heterocycles. The van der Waals surface area contributed by atoms with Crippen molar-refractivity contribution in [2.24, 2.45) is 0 Å². The maximum Gasteiger partial charge on any atom is 0.288 e. The average Bonchev–Trinajstić information content (AvgIpc) is 2.40. The molecule has 0 unspecified atom stereocenters. The molecule has 0 N–H and O–H groups in total. The predicted octanol–water partition coefficient (Wildman–Crippen LogP) is 2.31. The molecule has 18 heavy (non-hydrogen) atoms. The van der Waals surface area contributed by atoms with Gasteiger partial charge in [-0.1, -0.05) is 0 Å². The van der Waals surface area contributed by atoms with E-state index in [-0.39, 0.29) is 5.24 Å². The highest BCUT2D eigenvalue weighted by Gasteiger charge is 2.10. The van der Waals surface area contributed by atoms with Crippen LogP contribution >= 0.6 is 11.8 Å². The second-order valence-corrected chi connectivity index (χ2v) is 4.65. The number of hydrogen-bond donors (Lipinski definition) is 0. The van der Waals surface area contributed by atoms with Crippen molar-refractivity contribution in [1.82, 2.24) is 19.9 Å². The lowest BCUT2D eigenvalue weighted by Gasteiger charge is -2.08. The summed E-state index contributed by atoms with van der Waals surface area (Å²) in [6.07, 6.45) is 5.07. The van der Waals surface area contributed by atoms with Gasteiger partial charge in [-0.05, 0) is 18.2 Å². The van der Waals surface area contributed by atoms with Gasteiger partial charge in [-0.2, -0.15) is 0 Å². The largest absolute Gasteiger partial charge is 0.339 e. The Hall–Kier alpha value is -1.95. The normalized spacial score (nSPS) is 10.1. The van der Waals surface area contributed by atoms with Gasteiger partial charge in [0.2, 0.25) is 0 Å². The zero-order valence-electron chi connectivity index (χ0n) is 10.1. The molecule has 2 aromatic heterocycles. The molecule has 6 heteroatoms. The van der Waals surface area contributed by atoms with Crippen molar-refractivity contribution in [2.45, 2.75) is 5.16 Å². The number of rotatable bonds is 2. The minimum atomic E-state index is -0.0988. The Balaban J connectivity index is 2.23. The quantitative estimate of drug-likeness (QED) is 0.612. The Labute approximate surface area is 109 Å². The minimum Gasteiger partial charge on any atom is -0.339 e. The van der Waals surface area contributed by atoms with Gasteiger partial charge in [0.05, 0.1) is 5.69 Å². The molecule has 2 aromatic rings. The first-order chi connectivity index (χ1) is 8.66. The van der Waals surface area contributed by atoms with Crippen LogP contribution in [0.1, 0.15) is 0 Å². The fourth-order valence-corrected chi connectivity index (χ4v) is 1.83. The lowest BCUT2D eigenvalue weighted by Crippen LogP contribution is -2.16. The molecular weight excluding hydrogens is 248 g/mol. The highest BCUT2D eigenvalue weighted by Crippen LogP contribution is 2.20. The molecule has 1 amide bonds. The number of carbonyl (C=O) groups is 1. The number of carbonyl (C=O) groups excluding carboxylic acids is 1. The van der Waals surface area contributed by atoms with Gasteiger partial charge in [0.1, 0.15) is 0 Å². The first kappa shape index (κ1) is 12.5. The number of amides is 1. The lowest BCUT2D eigenvalue weighted by atomic mass is 10.2. The summed E-state index contributed by atoms with van der Waals surface area (Å²) in [5, 5.41) is 0.341. The summed E-state index contributed by atoms with van der Waals surface area (Å²) in [5.74, 6) is 0. The summed E-state index contributed by atoms with van der Waals surface area (Å²) in [7, 11) is 3.39. The Bertz CT molecular complexity index is 545. The van der Waals surface area contributed by atoms with E-state index in [1.165, 1.54) is 4.90 Å². The molecule has 0 aromatic carbocycles. The van der Waals surface area contributed by atoms with Crippen LogP contribution in [0.2, 0.25) is 0 Å². The number of pyridine rings is 1. The second kappa shape index (κ2) is 5.59. The highest BCUT2D eigenvalue weighted by atomic mass is 32.2. The molecule has 0 aliphatic heterocycles. The molecule has 92 valence electrons. The van der Waals surface area contributed by atoms with Crippen LogP contribution in [0.4, 0.5) is 4.79 Å². The van der Waals surface area contributed by atoms with Gasteiger partial charge < -0.3 is 4.90 Å². The number of nitrogens with zero attached hydrogens (tertiary/aromatic N) is 4. The summed E-state index contributed by atoms with van der Waals surface area (Å²) in [4.78, 5) is 25.5. The minimum absolute atomic E-state index is 0.0988. The van der Waals surface area contributed by atoms with E-state index in [0.717, 1.165) is 23.0 Å². The molecule has 0 fully saturated rings. The monoisotopic (exact) mass is 260 g/mol. The summed E-state index contributed by atoms with van der Waals surface area (Å²) in [6.45, 7) is 0. The van der Waals surface area contributed by atoms with Crippen molar-refractivity contribution in [1.29, 1.82) is 0 Å². The molecule has 0 aliphatic carbocycles. The summed E-state index contributed by atoms with van der Waals surface area (Å²) >= 11 is 1.00. The fourth-order valence-electron chi connectivity index (χ4n) is 1.23. The summed E-state index contributed by atoms with van der Waals surface area (Å²) in [5.41, 5.74) is 1.66. The zero-order chi connectivity index (χ0) is 13.0. The van der Waals surface area contributed by atoms with Crippen LogP contribution in [-0.4, -0.2) is 39.2 Å². The topological polar surface area (TPSA) is 59.0 Å². The van der Waals surface area contributed by atoms with Crippen LogP contribution in [0.25, 0.3) is 11.3 Å². The molecular formula is C12H12N4OS. The van der Waals surface area contributed by atoms with Crippen molar-refractivity contribution in [3.8, 4) is 11.3 Å². The number of aromatic nitrogens is 3. The third-order valence-electron chi connectivity index (χ3n) is 2.13. The molecule has 0 bridgehead atoms. The van der Waals surface area contributed by atoms with Crippen LogP contribution in [0, 0.1) is 0 Å². The molecule has 0 saturated carbocycles. The molecule has 2 rings (SSSR count). The van der Waals surface area contributed by atoms with Crippen molar-refractivity contribution in [3.63, 3.8) is 0 Å². The van der Waals surface area contributed by atoms with E-state index >= 15 is 0 Å². The first-order valence-electron chi connectivity index (χ1n) is 5.29. The smallest absolute Gasteiger partial charge is 0.288 e. The van der Waals surface area contributed by atoms with Gasteiger partial charge in [0.25, 0.3) is 5.24 Å². The van der Waals surface area contributed by atoms with Crippen LogP contribution < -0.4 is 0 Å². The van der Waals surface area contributed by atoms with Crippen molar-refractivity contribution in [2.75, 3.05) is 14.1 Å². The van der Waals surface area contributed by atoms with E-state index in [1.54, 1.807) is 38.8 Å². The highest BCUT2D eigenvalue weighted by molar-refractivity contribution is 8.13. The number of thioether (sulfide) groups is 1. The molecule has 0 spiro atoms. The van der Waals surface area contributed by atoms with Gasteiger partial charge in [0, 0.05) is 50.0 Å². The molecule has 0 aliphatic rings. The van der Waals surface area contributed by atoms with E-state index in [2.05, 4.69) is 15.0 Å². The van der Waals surface area contributed by atoms with Crippen molar-refractivity contribution >= 4 is 17.0 Å². The Morgan fingerprint density at radius 3 is 2.78 bits per heavy atom. The maximum absolute atomic E-state index is 11.6. The third-order valence-corrected chi connectivity index (χ3v) is 3.05. The van der Waals surface area contributed by atoms with Gasteiger partial charge in [-0.3, -0.25) is 9.78 Å². The van der Waals surface area contributed by atoms with Gasteiger partial charge in [0.15, 0.2) is 5.16 Å². The predicted molar refractivity (Wildman–Crippen MR) is 70.2 cm³/mol. The third kappa shape index (κ3) is 3.04. The maximum atomic E-state index is 11.6. The van der Waals surface area contributed by atoms with E-state index in [0.29, 0.717) is 5.16 Å². The van der Waals surface area contributed by atoms with Gasteiger partial charge in [-0.15, -0.1) is 0 Å². The molecule has 0 saturated heterocycles. The Kier molecular flexibility index (Phi) is 3.88. The van der Waals surface area contributed by atoms with Crippen LogP contribution in [-0.2, 0) is 0 Å². The van der Waals surface area contributed by atoms with E-state index in [9.17, 15) is 4.79 Å². The van der Waals surface area contributed by atoms with Crippen LogP contribution in [0.5, 0.6) is 0 Å². The van der Waals surface area contributed by atoms with Gasteiger partial charge >= 0.3 is 0 Å². The molecule has 0 radical (unpaired) electrons. The Morgan fingerprint density at radius 1 is 1.28 bits per heavy atom. The SMILES string of the molecule is CN(C)C(=O)Sc1nccc(-c2cccnc2)n1. The van der Waals surface area contributed by atoms with Crippen LogP contribution in [0.3, 0.4) is 0 Å². The second-order valence-electron chi connectivity index (χ2n) is 3.73. The fraction of sp³-hybridized carbons (Fsp3) is 0.167. The van der Waals surface area contributed by atoms with Crippen LogP contribution in [0.15, 0.2) is 41.9 Å². The van der Waals surface area contributed by atoms with Gasteiger partial charge in [-0.25, -0.2) is 9.97 Å². The van der Waals surface area contributed by atoms with Crippen molar-refractivity contribution in [3.05, 3.63) is 36.8 Å². The van der Waals surface area contributed by atoms with Crippen molar-refractivity contribution < 1.29 is 4.79 Å². The summed E-state index contributed by atoms with van der Waals surface area (Å²) < 4.78 is 0. The Morgan fingerprint density at radius 2 is 2.11 bits per heavy atom. The first-order valence-corrected chi connectivity index (χ1v) is 6.11. The lowest BCUT2D eigenvalue weighted by molar-refractivity contribution is 0.241. The van der Waals surface area contributed by atoms with E-state index in [1.807, 2.05) is 12.1 Å².